The van der Waals surface area contributed by atoms with E-state index in [-0.39, 0.29) is 11.7 Å². The van der Waals surface area contributed by atoms with Crippen LogP contribution in [0.2, 0.25) is 0 Å². The first-order chi connectivity index (χ1) is 11.2. The van der Waals surface area contributed by atoms with Crippen LogP contribution in [0.5, 0.6) is 6.01 Å². The van der Waals surface area contributed by atoms with Crippen molar-refractivity contribution in [2.75, 3.05) is 19.7 Å². The minimum atomic E-state index is -0.0729. The van der Waals surface area contributed by atoms with E-state index in [9.17, 15) is 0 Å². The van der Waals surface area contributed by atoms with Crippen molar-refractivity contribution in [2.45, 2.75) is 38.0 Å². The highest BCUT2D eigenvalue weighted by molar-refractivity contribution is 5.10. The van der Waals surface area contributed by atoms with E-state index in [2.05, 4.69) is 14.9 Å². The van der Waals surface area contributed by atoms with Gasteiger partial charge in [-0.1, -0.05) is 0 Å². The van der Waals surface area contributed by atoms with Crippen LogP contribution in [0.1, 0.15) is 24.1 Å². The zero-order valence-corrected chi connectivity index (χ0v) is 13.3. The fourth-order valence-electron chi connectivity index (χ4n) is 3.46. The third-order valence-electron chi connectivity index (χ3n) is 4.50. The molecule has 0 unspecified atom stereocenters. The Bertz CT molecular complexity index is 653. The number of aromatic nitrogens is 2. The van der Waals surface area contributed by atoms with Crippen molar-refractivity contribution in [3.8, 4) is 6.01 Å². The van der Waals surface area contributed by atoms with Gasteiger partial charge >= 0.3 is 6.01 Å². The predicted octanol–water partition coefficient (Wildman–Crippen LogP) is 2.19. The molecule has 2 aromatic heterocycles. The Kier molecular flexibility index (Phi) is 3.79. The summed E-state index contributed by atoms with van der Waals surface area (Å²) >= 11 is 0. The van der Waals surface area contributed by atoms with Gasteiger partial charge in [-0.3, -0.25) is 4.90 Å². The second-order valence-corrected chi connectivity index (χ2v) is 6.52. The highest BCUT2D eigenvalue weighted by Gasteiger charge is 2.48. The van der Waals surface area contributed by atoms with E-state index in [4.69, 9.17) is 13.9 Å². The second kappa shape index (κ2) is 5.94. The topological polar surface area (TPSA) is 60.6 Å². The lowest BCUT2D eigenvalue weighted by molar-refractivity contribution is -0.188. The number of likely N-dealkylation sites (tertiary alicyclic amines) is 1. The molecule has 0 aromatic carbocycles. The predicted molar refractivity (Wildman–Crippen MR) is 83.1 cm³/mol. The van der Waals surface area contributed by atoms with E-state index >= 15 is 0 Å². The number of hydrogen-bond acceptors (Lipinski definition) is 6. The first-order valence-corrected chi connectivity index (χ1v) is 8.05. The Balaban J connectivity index is 1.33. The van der Waals surface area contributed by atoms with Crippen molar-refractivity contribution in [1.82, 2.24) is 14.9 Å². The summed E-state index contributed by atoms with van der Waals surface area (Å²) in [7, 11) is 0. The lowest BCUT2D eigenvalue weighted by atomic mass is 9.84. The Morgan fingerprint density at radius 3 is 3.09 bits per heavy atom. The number of furan rings is 1. The van der Waals surface area contributed by atoms with Gasteiger partial charge < -0.3 is 13.9 Å². The van der Waals surface area contributed by atoms with Gasteiger partial charge in [0, 0.05) is 49.9 Å². The minimum Gasteiger partial charge on any atom is -0.472 e. The number of nitrogens with zero attached hydrogens (tertiary/aromatic N) is 3. The molecule has 1 atom stereocenters. The van der Waals surface area contributed by atoms with Gasteiger partial charge in [-0.05, 0) is 19.1 Å². The van der Waals surface area contributed by atoms with Gasteiger partial charge in [-0.15, -0.1) is 0 Å². The van der Waals surface area contributed by atoms with Crippen LogP contribution >= 0.6 is 0 Å². The Labute approximate surface area is 135 Å². The summed E-state index contributed by atoms with van der Waals surface area (Å²) in [4.78, 5) is 10.9. The Morgan fingerprint density at radius 2 is 2.30 bits per heavy atom. The van der Waals surface area contributed by atoms with Crippen molar-refractivity contribution >= 4 is 0 Å². The molecule has 2 fully saturated rings. The van der Waals surface area contributed by atoms with Crippen LogP contribution in [-0.4, -0.2) is 46.3 Å². The van der Waals surface area contributed by atoms with E-state index in [1.807, 2.05) is 19.1 Å². The maximum absolute atomic E-state index is 6.06. The molecule has 6 heteroatoms. The lowest BCUT2D eigenvalue weighted by Crippen LogP contribution is -2.65. The van der Waals surface area contributed by atoms with Crippen molar-refractivity contribution in [1.29, 1.82) is 0 Å². The smallest absolute Gasteiger partial charge is 0.316 e. The second-order valence-electron chi connectivity index (χ2n) is 6.52. The zero-order chi connectivity index (χ0) is 15.7. The molecule has 0 amide bonds. The average Bonchev–Trinajstić information content (AvgIpc) is 2.99. The molecule has 0 bridgehead atoms. The van der Waals surface area contributed by atoms with E-state index in [0.717, 1.165) is 44.8 Å². The number of aryl methyl sites for hydroxylation is 1. The van der Waals surface area contributed by atoms with Crippen molar-refractivity contribution < 1.29 is 13.9 Å². The van der Waals surface area contributed by atoms with Gasteiger partial charge in [0.15, 0.2) is 0 Å². The van der Waals surface area contributed by atoms with Crippen LogP contribution in [0.4, 0.5) is 0 Å². The first kappa shape index (κ1) is 14.7. The van der Waals surface area contributed by atoms with Crippen molar-refractivity contribution in [2.24, 2.45) is 0 Å². The fourth-order valence-corrected chi connectivity index (χ4v) is 3.46. The van der Waals surface area contributed by atoms with Crippen LogP contribution in [0.25, 0.3) is 0 Å². The molecule has 0 saturated carbocycles. The lowest BCUT2D eigenvalue weighted by Gasteiger charge is -2.52. The minimum absolute atomic E-state index is 0.0729. The molecule has 122 valence electrons. The Morgan fingerprint density at radius 1 is 1.39 bits per heavy atom. The Hall–Kier alpha value is -1.92. The SMILES string of the molecule is Cc1ccnc(O[C@@H]2CCOC3(C2)CN(Cc2ccoc2)C3)n1. The molecular formula is C17H21N3O3. The van der Waals surface area contributed by atoms with Gasteiger partial charge in [-0.25, -0.2) is 9.97 Å². The maximum atomic E-state index is 6.06. The molecule has 4 rings (SSSR count). The summed E-state index contributed by atoms with van der Waals surface area (Å²) in [5.74, 6) is 0. The molecule has 2 aliphatic heterocycles. The van der Waals surface area contributed by atoms with Crippen molar-refractivity contribution in [3.63, 3.8) is 0 Å². The normalized spacial score (nSPS) is 23.6. The first-order valence-electron chi connectivity index (χ1n) is 8.05. The van der Waals surface area contributed by atoms with Crippen LogP contribution in [0, 0.1) is 6.92 Å². The molecule has 0 N–H and O–H groups in total. The van der Waals surface area contributed by atoms with E-state index in [1.54, 1.807) is 18.7 Å². The van der Waals surface area contributed by atoms with E-state index in [1.165, 1.54) is 5.56 Å². The summed E-state index contributed by atoms with van der Waals surface area (Å²) in [5.41, 5.74) is 2.06. The quantitative estimate of drug-likeness (QED) is 0.862. The molecule has 6 nitrogen and oxygen atoms in total. The molecular weight excluding hydrogens is 294 g/mol. The van der Waals surface area contributed by atoms with E-state index in [0.29, 0.717) is 6.01 Å². The summed E-state index contributed by atoms with van der Waals surface area (Å²) in [6.45, 7) is 5.46. The van der Waals surface area contributed by atoms with Crippen LogP contribution in [0.3, 0.4) is 0 Å². The molecule has 0 radical (unpaired) electrons. The maximum Gasteiger partial charge on any atom is 0.316 e. The average molecular weight is 315 g/mol. The van der Waals surface area contributed by atoms with Crippen molar-refractivity contribution in [3.05, 3.63) is 42.1 Å². The number of ether oxygens (including phenoxy) is 2. The molecule has 2 saturated heterocycles. The molecule has 2 aliphatic rings. The highest BCUT2D eigenvalue weighted by atomic mass is 16.5. The molecule has 0 aliphatic carbocycles. The summed E-state index contributed by atoms with van der Waals surface area (Å²) in [5, 5.41) is 0. The van der Waals surface area contributed by atoms with Crippen LogP contribution < -0.4 is 4.74 Å². The molecule has 1 spiro atoms. The van der Waals surface area contributed by atoms with Gasteiger partial charge in [0.05, 0.1) is 24.7 Å². The zero-order valence-electron chi connectivity index (χ0n) is 13.3. The molecule has 23 heavy (non-hydrogen) atoms. The fraction of sp³-hybridized carbons (Fsp3) is 0.529. The van der Waals surface area contributed by atoms with Crippen LogP contribution in [0.15, 0.2) is 35.3 Å². The standard InChI is InChI=1S/C17H21N3O3/c1-13-2-5-18-16(19-13)23-15-4-7-22-17(8-15)11-20(12-17)9-14-3-6-21-10-14/h2-3,5-6,10,15H,4,7-9,11-12H2,1H3/t15-/m1/s1. The summed E-state index contributed by atoms with van der Waals surface area (Å²) in [6.07, 6.45) is 7.17. The molecule has 2 aromatic rings. The third kappa shape index (κ3) is 3.23. The van der Waals surface area contributed by atoms with E-state index < -0.39 is 0 Å². The van der Waals surface area contributed by atoms with Gasteiger partial charge in [0.2, 0.25) is 0 Å². The largest absolute Gasteiger partial charge is 0.472 e. The highest BCUT2D eigenvalue weighted by Crippen LogP contribution is 2.36. The number of hydrogen-bond donors (Lipinski definition) is 0. The molecule has 4 heterocycles. The van der Waals surface area contributed by atoms with Gasteiger partial charge in [0.1, 0.15) is 6.10 Å². The number of rotatable bonds is 4. The van der Waals surface area contributed by atoms with Gasteiger partial charge in [0.25, 0.3) is 0 Å². The summed E-state index contributed by atoms with van der Waals surface area (Å²) in [6, 6.07) is 4.35. The van der Waals surface area contributed by atoms with Gasteiger partial charge in [-0.2, -0.15) is 0 Å². The van der Waals surface area contributed by atoms with Crippen LogP contribution in [-0.2, 0) is 11.3 Å². The monoisotopic (exact) mass is 315 g/mol. The summed E-state index contributed by atoms with van der Waals surface area (Å²) < 4.78 is 17.2. The third-order valence-corrected chi connectivity index (χ3v) is 4.50.